The molecule has 3 rings (SSSR count). The number of amides is 3. The van der Waals surface area contributed by atoms with Gasteiger partial charge in [0.25, 0.3) is 0 Å². The predicted molar refractivity (Wildman–Crippen MR) is 90.5 cm³/mol. The molecule has 0 radical (unpaired) electrons. The molecule has 120 valence electrons. The van der Waals surface area contributed by atoms with Gasteiger partial charge in [-0.1, -0.05) is 12.1 Å². The summed E-state index contributed by atoms with van der Waals surface area (Å²) < 4.78 is 0. The van der Waals surface area contributed by atoms with E-state index in [1.165, 1.54) is 0 Å². The number of thiazole rings is 1. The molecule has 2 aromatic rings. The van der Waals surface area contributed by atoms with E-state index in [2.05, 4.69) is 20.9 Å². The summed E-state index contributed by atoms with van der Waals surface area (Å²) in [5, 5.41) is 11.0. The number of nitrogens with zero attached hydrogens (tertiary/aromatic N) is 1. The SMILES string of the molecule is Cc1csc(-c2cccc(NC(=O)NCC(=O)NC3CC3)c2)n1. The van der Waals surface area contributed by atoms with Crippen molar-refractivity contribution in [3.63, 3.8) is 0 Å². The lowest BCUT2D eigenvalue weighted by Gasteiger charge is -2.08. The van der Waals surface area contributed by atoms with Crippen molar-refractivity contribution in [1.29, 1.82) is 0 Å². The summed E-state index contributed by atoms with van der Waals surface area (Å²) in [7, 11) is 0. The molecule has 3 amide bonds. The van der Waals surface area contributed by atoms with Crippen molar-refractivity contribution in [1.82, 2.24) is 15.6 Å². The number of hydrogen-bond donors (Lipinski definition) is 3. The van der Waals surface area contributed by atoms with Gasteiger partial charge in [0.05, 0.1) is 6.54 Å². The van der Waals surface area contributed by atoms with E-state index >= 15 is 0 Å². The number of carbonyl (C=O) groups excluding carboxylic acids is 2. The minimum Gasteiger partial charge on any atom is -0.352 e. The van der Waals surface area contributed by atoms with Crippen LogP contribution in [0.4, 0.5) is 10.5 Å². The number of aromatic nitrogens is 1. The largest absolute Gasteiger partial charge is 0.352 e. The first-order valence-corrected chi connectivity index (χ1v) is 8.35. The molecule has 1 heterocycles. The number of benzene rings is 1. The minimum atomic E-state index is -0.400. The van der Waals surface area contributed by atoms with Crippen molar-refractivity contribution in [2.24, 2.45) is 0 Å². The molecule has 6 nitrogen and oxygen atoms in total. The maximum atomic E-state index is 11.9. The van der Waals surface area contributed by atoms with Crippen LogP contribution < -0.4 is 16.0 Å². The second-order valence-corrected chi connectivity index (χ2v) is 6.38. The van der Waals surface area contributed by atoms with Crippen molar-refractivity contribution >= 4 is 29.0 Å². The Labute approximate surface area is 138 Å². The molecule has 0 spiro atoms. The molecular formula is C16H18N4O2S. The summed E-state index contributed by atoms with van der Waals surface area (Å²) in [5.41, 5.74) is 2.59. The number of nitrogens with one attached hydrogen (secondary N) is 3. The second kappa shape index (κ2) is 6.78. The number of rotatable bonds is 5. The first-order chi connectivity index (χ1) is 11.1. The molecule has 23 heavy (non-hydrogen) atoms. The van der Waals surface area contributed by atoms with Gasteiger partial charge in [-0.15, -0.1) is 11.3 Å². The fourth-order valence-corrected chi connectivity index (χ4v) is 2.85. The Morgan fingerprint density at radius 3 is 2.87 bits per heavy atom. The fourth-order valence-electron chi connectivity index (χ4n) is 2.06. The molecule has 1 aliphatic rings. The molecule has 1 saturated carbocycles. The highest BCUT2D eigenvalue weighted by Crippen LogP contribution is 2.25. The zero-order chi connectivity index (χ0) is 16.2. The van der Waals surface area contributed by atoms with Crippen LogP contribution in [0.1, 0.15) is 18.5 Å². The first kappa shape index (κ1) is 15.5. The van der Waals surface area contributed by atoms with E-state index in [0.717, 1.165) is 29.1 Å². The van der Waals surface area contributed by atoms with Crippen molar-refractivity contribution in [3.05, 3.63) is 35.3 Å². The summed E-state index contributed by atoms with van der Waals surface area (Å²) in [5.74, 6) is -0.158. The van der Waals surface area contributed by atoms with Crippen molar-refractivity contribution in [2.45, 2.75) is 25.8 Å². The molecule has 1 aliphatic carbocycles. The molecule has 3 N–H and O–H groups in total. The third-order valence-corrected chi connectivity index (χ3v) is 4.35. The topological polar surface area (TPSA) is 83.1 Å². The maximum Gasteiger partial charge on any atom is 0.319 e. The van der Waals surface area contributed by atoms with Crippen molar-refractivity contribution < 1.29 is 9.59 Å². The number of aryl methyl sites for hydroxylation is 1. The van der Waals surface area contributed by atoms with Crippen molar-refractivity contribution in [3.8, 4) is 10.6 Å². The van der Waals surface area contributed by atoms with Gasteiger partial charge < -0.3 is 16.0 Å². The highest BCUT2D eigenvalue weighted by molar-refractivity contribution is 7.13. The first-order valence-electron chi connectivity index (χ1n) is 7.47. The van der Waals surface area contributed by atoms with E-state index in [0.29, 0.717) is 11.7 Å². The van der Waals surface area contributed by atoms with Crippen LogP contribution in [0.15, 0.2) is 29.6 Å². The fraction of sp³-hybridized carbons (Fsp3) is 0.312. The van der Waals surface area contributed by atoms with Gasteiger partial charge >= 0.3 is 6.03 Å². The average molecular weight is 330 g/mol. The predicted octanol–water partition coefficient (Wildman–Crippen LogP) is 2.52. The third kappa shape index (κ3) is 4.53. The Kier molecular flexibility index (Phi) is 4.57. The van der Waals surface area contributed by atoms with Crippen LogP contribution in [0, 0.1) is 6.92 Å². The molecule has 1 aromatic heterocycles. The molecular weight excluding hydrogens is 312 g/mol. The van der Waals surface area contributed by atoms with Crippen LogP contribution in [0.25, 0.3) is 10.6 Å². The standard InChI is InChI=1S/C16H18N4O2S/c1-10-9-23-15(18-10)11-3-2-4-13(7-11)20-16(22)17-8-14(21)19-12-5-6-12/h2-4,7,9,12H,5-6,8H2,1H3,(H,19,21)(H2,17,20,22). The van der Waals surface area contributed by atoms with Crippen LogP contribution in [0.5, 0.6) is 0 Å². The Morgan fingerprint density at radius 1 is 1.35 bits per heavy atom. The quantitative estimate of drug-likeness (QED) is 0.788. The molecule has 1 fully saturated rings. The van der Waals surface area contributed by atoms with Gasteiger partial charge in [-0.25, -0.2) is 9.78 Å². The zero-order valence-corrected chi connectivity index (χ0v) is 13.6. The average Bonchev–Trinajstić information content (AvgIpc) is 3.23. The lowest BCUT2D eigenvalue weighted by atomic mass is 10.2. The summed E-state index contributed by atoms with van der Waals surface area (Å²) in [6.45, 7) is 1.93. The van der Waals surface area contributed by atoms with Crippen LogP contribution >= 0.6 is 11.3 Å². The Bertz CT molecular complexity index is 724. The van der Waals surface area contributed by atoms with E-state index in [-0.39, 0.29) is 12.5 Å². The lowest BCUT2D eigenvalue weighted by molar-refractivity contribution is -0.120. The molecule has 0 atom stereocenters. The summed E-state index contributed by atoms with van der Waals surface area (Å²) in [6.07, 6.45) is 2.06. The monoisotopic (exact) mass is 330 g/mol. The minimum absolute atomic E-state index is 0.0201. The van der Waals surface area contributed by atoms with E-state index < -0.39 is 6.03 Å². The number of anilines is 1. The lowest BCUT2D eigenvalue weighted by Crippen LogP contribution is -2.39. The van der Waals surface area contributed by atoms with Gasteiger partial charge in [0.1, 0.15) is 5.01 Å². The Balaban J connectivity index is 1.54. The molecule has 7 heteroatoms. The van der Waals surface area contributed by atoms with Gasteiger partial charge in [-0.3, -0.25) is 4.79 Å². The molecule has 0 aliphatic heterocycles. The maximum absolute atomic E-state index is 11.9. The normalized spacial score (nSPS) is 13.4. The highest BCUT2D eigenvalue weighted by Gasteiger charge is 2.23. The van der Waals surface area contributed by atoms with E-state index in [9.17, 15) is 9.59 Å². The van der Waals surface area contributed by atoms with E-state index in [4.69, 9.17) is 0 Å². The van der Waals surface area contributed by atoms with Gasteiger partial charge in [0.2, 0.25) is 5.91 Å². The van der Waals surface area contributed by atoms with Crippen LogP contribution in [0.3, 0.4) is 0 Å². The third-order valence-electron chi connectivity index (χ3n) is 3.34. The second-order valence-electron chi connectivity index (χ2n) is 5.52. The van der Waals surface area contributed by atoms with Crippen LogP contribution in [-0.4, -0.2) is 29.5 Å². The van der Waals surface area contributed by atoms with Gasteiger partial charge in [-0.2, -0.15) is 0 Å². The van der Waals surface area contributed by atoms with Crippen molar-refractivity contribution in [2.75, 3.05) is 11.9 Å². The summed E-state index contributed by atoms with van der Waals surface area (Å²) >= 11 is 1.56. The molecule has 0 unspecified atom stereocenters. The number of hydrogen-bond acceptors (Lipinski definition) is 4. The molecule has 0 saturated heterocycles. The van der Waals surface area contributed by atoms with Gasteiger partial charge in [0.15, 0.2) is 0 Å². The van der Waals surface area contributed by atoms with E-state index in [1.54, 1.807) is 17.4 Å². The van der Waals surface area contributed by atoms with E-state index in [1.807, 2.05) is 30.5 Å². The summed E-state index contributed by atoms with van der Waals surface area (Å²) in [4.78, 5) is 27.8. The summed E-state index contributed by atoms with van der Waals surface area (Å²) in [6, 6.07) is 7.37. The van der Waals surface area contributed by atoms with Crippen LogP contribution in [0.2, 0.25) is 0 Å². The number of carbonyl (C=O) groups is 2. The smallest absolute Gasteiger partial charge is 0.319 e. The molecule has 1 aromatic carbocycles. The molecule has 0 bridgehead atoms. The van der Waals surface area contributed by atoms with Gasteiger partial charge in [-0.05, 0) is 31.9 Å². The Morgan fingerprint density at radius 2 is 2.17 bits per heavy atom. The van der Waals surface area contributed by atoms with Gasteiger partial charge in [0, 0.05) is 28.4 Å². The number of urea groups is 1. The Hall–Kier alpha value is -2.41. The van der Waals surface area contributed by atoms with Crippen LogP contribution in [-0.2, 0) is 4.79 Å². The zero-order valence-electron chi connectivity index (χ0n) is 12.8. The highest BCUT2D eigenvalue weighted by atomic mass is 32.1.